The lowest BCUT2D eigenvalue weighted by molar-refractivity contribution is -0.0920. The Kier molecular flexibility index (Phi) is 3.85. The fourth-order valence-electron chi connectivity index (χ4n) is 3.10. The maximum absolute atomic E-state index is 12.6. The lowest BCUT2D eigenvalue weighted by Gasteiger charge is -2.36. The highest BCUT2D eigenvalue weighted by atomic mass is 35.5. The molecule has 20 heavy (non-hydrogen) atoms. The molecule has 0 amide bonds. The van der Waals surface area contributed by atoms with Crippen molar-refractivity contribution < 1.29 is 14.3 Å². The maximum atomic E-state index is 12.6. The third-order valence-corrected chi connectivity index (χ3v) is 4.79. The van der Waals surface area contributed by atoms with Crippen LogP contribution < -0.4 is 0 Å². The number of hydrogen-bond donors (Lipinski definition) is 0. The average molecular weight is 295 g/mol. The first-order valence-electron chi connectivity index (χ1n) is 7.12. The molecule has 0 bridgehead atoms. The fraction of sp³-hybridized carbons (Fsp3) is 0.562. The van der Waals surface area contributed by atoms with Gasteiger partial charge >= 0.3 is 0 Å². The van der Waals surface area contributed by atoms with Crippen LogP contribution >= 0.6 is 11.6 Å². The van der Waals surface area contributed by atoms with E-state index in [0.717, 1.165) is 31.4 Å². The van der Waals surface area contributed by atoms with Gasteiger partial charge < -0.3 is 9.47 Å². The van der Waals surface area contributed by atoms with Crippen molar-refractivity contribution >= 4 is 17.4 Å². The zero-order chi connectivity index (χ0) is 14.2. The smallest absolute Gasteiger partial charge is 0.166 e. The number of benzene rings is 1. The van der Waals surface area contributed by atoms with Gasteiger partial charge in [0.05, 0.1) is 12.2 Å². The standard InChI is InChI=1S/C16H19ClO3/c1-11-2-3-12(8-14(11)17)15(18)13-4-6-20-16(9-13)5-7-19-10-16/h2-3,8,13H,4-7,9-10H2,1H3. The van der Waals surface area contributed by atoms with Gasteiger partial charge in [-0.1, -0.05) is 23.7 Å². The summed E-state index contributed by atoms with van der Waals surface area (Å²) in [7, 11) is 0. The third-order valence-electron chi connectivity index (χ3n) is 4.39. The van der Waals surface area contributed by atoms with Crippen LogP contribution in [0.15, 0.2) is 18.2 Å². The van der Waals surface area contributed by atoms with Gasteiger partial charge in [-0.2, -0.15) is 0 Å². The lowest BCUT2D eigenvalue weighted by Crippen LogP contribution is -2.42. The molecule has 1 aromatic carbocycles. The second-order valence-corrected chi connectivity index (χ2v) is 6.26. The molecule has 0 aromatic heterocycles. The van der Waals surface area contributed by atoms with Crippen molar-refractivity contribution in [2.75, 3.05) is 19.8 Å². The molecule has 0 N–H and O–H groups in total. The molecule has 2 atom stereocenters. The molecule has 108 valence electrons. The number of carbonyl (C=O) groups excluding carboxylic acids is 1. The number of ketones is 1. The second-order valence-electron chi connectivity index (χ2n) is 5.85. The maximum Gasteiger partial charge on any atom is 0.166 e. The number of ether oxygens (including phenoxy) is 2. The van der Waals surface area contributed by atoms with Crippen LogP contribution in [0, 0.1) is 12.8 Å². The Bertz CT molecular complexity index is 520. The molecule has 2 heterocycles. The van der Waals surface area contributed by atoms with E-state index < -0.39 is 0 Å². The first-order valence-corrected chi connectivity index (χ1v) is 7.50. The van der Waals surface area contributed by atoms with E-state index in [4.69, 9.17) is 21.1 Å². The Morgan fingerprint density at radius 1 is 1.40 bits per heavy atom. The zero-order valence-electron chi connectivity index (χ0n) is 11.7. The van der Waals surface area contributed by atoms with Crippen molar-refractivity contribution in [1.29, 1.82) is 0 Å². The van der Waals surface area contributed by atoms with Gasteiger partial charge in [-0.25, -0.2) is 0 Å². The van der Waals surface area contributed by atoms with Crippen LogP contribution in [0.3, 0.4) is 0 Å². The highest BCUT2D eigenvalue weighted by Gasteiger charge is 2.43. The molecule has 0 saturated carbocycles. The summed E-state index contributed by atoms with van der Waals surface area (Å²) in [5.74, 6) is 0.200. The largest absolute Gasteiger partial charge is 0.378 e. The summed E-state index contributed by atoms with van der Waals surface area (Å²) < 4.78 is 11.3. The van der Waals surface area contributed by atoms with Crippen LogP contribution in [-0.4, -0.2) is 31.2 Å². The molecule has 3 rings (SSSR count). The van der Waals surface area contributed by atoms with Gasteiger partial charge in [0.2, 0.25) is 0 Å². The SMILES string of the molecule is Cc1ccc(C(=O)C2CCOC3(CCOC3)C2)cc1Cl. The molecule has 1 aromatic rings. The Morgan fingerprint density at radius 3 is 2.95 bits per heavy atom. The van der Waals surface area contributed by atoms with Crippen LogP contribution in [-0.2, 0) is 9.47 Å². The van der Waals surface area contributed by atoms with Crippen molar-refractivity contribution in [3.8, 4) is 0 Å². The molecule has 4 heteroatoms. The van der Waals surface area contributed by atoms with E-state index in [0.29, 0.717) is 23.8 Å². The summed E-state index contributed by atoms with van der Waals surface area (Å²) in [6, 6.07) is 5.56. The molecule has 3 nitrogen and oxygen atoms in total. The van der Waals surface area contributed by atoms with Crippen molar-refractivity contribution in [1.82, 2.24) is 0 Å². The highest BCUT2D eigenvalue weighted by molar-refractivity contribution is 6.31. The molecule has 2 unspecified atom stereocenters. The monoisotopic (exact) mass is 294 g/mol. The molecule has 2 saturated heterocycles. The summed E-state index contributed by atoms with van der Waals surface area (Å²) in [5, 5.41) is 0.654. The zero-order valence-corrected chi connectivity index (χ0v) is 12.4. The number of hydrogen-bond acceptors (Lipinski definition) is 3. The van der Waals surface area contributed by atoms with Gasteiger partial charge in [-0.3, -0.25) is 4.79 Å². The summed E-state index contributed by atoms with van der Waals surface area (Å²) in [4.78, 5) is 12.6. The molecule has 2 aliphatic rings. The van der Waals surface area contributed by atoms with Crippen molar-refractivity contribution in [3.63, 3.8) is 0 Å². The van der Waals surface area contributed by atoms with Crippen LogP contribution in [0.2, 0.25) is 5.02 Å². The van der Waals surface area contributed by atoms with Crippen LogP contribution in [0.4, 0.5) is 0 Å². The quantitative estimate of drug-likeness (QED) is 0.784. The van der Waals surface area contributed by atoms with Gasteiger partial charge in [-0.15, -0.1) is 0 Å². The molecule has 0 radical (unpaired) electrons. The number of aryl methyl sites for hydroxylation is 1. The van der Waals surface area contributed by atoms with Crippen LogP contribution in [0.5, 0.6) is 0 Å². The summed E-state index contributed by atoms with van der Waals surface area (Å²) in [5.41, 5.74) is 1.48. The van der Waals surface area contributed by atoms with Crippen molar-refractivity contribution in [2.45, 2.75) is 31.8 Å². The van der Waals surface area contributed by atoms with E-state index in [1.807, 2.05) is 19.1 Å². The predicted molar refractivity (Wildman–Crippen MR) is 77.4 cm³/mol. The first-order chi connectivity index (χ1) is 9.60. The Hall–Kier alpha value is -0.900. The van der Waals surface area contributed by atoms with E-state index in [1.54, 1.807) is 6.07 Å². The number of rotatable bonds is 2. The number of Topliss-reactive ketones (excluding diaryl/α,β-unsaturated/α-hetero) is 1. The molecular weight excluding hydrogens is 276 g/mol. The van der Waals surface area contributed by atoms with E-state index in [1.165, 1.54) is 0 Å². The van der Waals surface area contributed by atoms with Gasteiger partial charge in [0.1, 0.15) is 0 Å². The highest BCUT2D eigenvalue weighted by Crippen LogP contribution is 2.37. The van der Waals surface area contributed by atoms with Crippen LogP contribution in [0.1, 0.15) is 35.2 Å². The van der Waals surface area contributed by atoms with Gasteiger partial charge in [-0.05, 0) is 31.4 Å². The average Bonchev–Trinajstić information content (AvgIpc) is 2.89. The minimum atomic E-state index is -0.229. The van der Waals surface area contributed by atoms with Gasteiger partial charge in [0.25, 0.3) is 0 Å². The predicted octanol–water partition coefficient (Wildman–Crippen LogP) is 3.42. The molecule has 0 aliphatic carbocycles. The normalized spacial score (nSPS) is 29.8. The van der Waals surface area contributed by atoms with E-state index in [9.17, 15) is 4.79 Å². The summed E-state index contributed by atoms with van der Waals surface area (Å²) in [6.07, 6.45) is 2.44. The molecule has 1 spiro atoms. The minimum Gasteiger partial charge on any atom is -0.378 e. The fourth-order valence-corrected chi connectivity index (χ4v) is 3.28. The molecule has 2 fully saturated rings. The topological polar surface area (TPSA) is 35.5 Å². The van der Waals surface area contributed by atoms with Gasteiger partial charge in [0.15, 0.2) is 5.78 Å². The Morgan fingerprint density at radius 2 is 2.25 bits per heavy atom. The van der Waals surface area contributed by atoms with Crippen LogP contribution in [0.25, 0.3) is 0 Å². The number of carbonyl (C=O) groups is 1. The lowest BCUT2D eigenvalue weighted by atomic mass is 9.81. The minimum absolute atomic E-state index is 0.0178. The van der Waals surface area contributed by atoms with E-state index >= 15 is 0 Å². The summed E-state index contributed by atoms with van der Waals surface area (Å²) >= 11 is 6.12. The second kappa shape index (κ2) is 5.47. The third kappa shape index (κ3) is 2.62. The summed E-state index contributed by atoms with van der Waals surface area (Å²) in [6.45, 7) is 3.93. The molecule has 2 aliphatic heterocycles. The van der Waals surface area contributed by atoms with E-state index in [2.05, 4.69) is 0 Å². The first kappa shape index (κ1) is 14.1. The number of halogens is 1. The van der Waals surface area contributed by atoms with Crippen molar-refractivity contribution in [2.24, 2.45) is 5.92 Å². The molecular formula is C16H19ClO3. The van der Waals surface area contributed by atoms with Gasteiger partial charge in [0, 0.05) is 36.1 Å². The van der Waals surface area contributed by atoms with E-state index in [-0.39, 0.29) is 17.3 Å². The Labute approximate surface area is 124 Å². The Balaban J connectivity index is 1.77. The van der Waals surface area contributed by atoms with Crippen molar-refractivity contribution in [3.05, 3.63) is 34.3 Å².